The van der Waals surface area contributed by atoms with Crippen LogP contribution in [0.4, 0.5) is 0 Å². The Kier molecular flexibility index (Phi) is 6.83. The molecule has 0 bridgehead atoms. The van der Waals surface area contributed by atoms with Gasteiger partial charge in [-0.15, -0.1) is 0 Å². The molecule has 5 heteroatoms. The summed E-state index contributed by atoms with van der Waals surface area (Å²) in [5.74, 6) is 1.92. The lowest BCUT2D eigenvalue weighted by Crippen LogP contribution is -2.27. The molecule has 1 aromatic heterocycles. The van der Waals surface area contributed by atoms with Gasteiger partial charge in [0.15, 0.2) is 11.5 Å². The van der Waals surface area contributed by atoms with Crippen molar-refractivity contribution in [2.24, 2.45) is 5.92 Å². The molecule has 0 saturated carbocycles. The molecular weight excluding hydrogens is 378 g/mol. The van der Waals surface area contributed by atoms with Crippen LogP contribution in [0.25, 0.3) is 11.0 Å². The first-order valence-electron chi connectivity index (χ1n) is 10.3. The summed E-state index contributed by atoms with van der Waals surface area (Å²) in [6.45, 7) is 10.8. The molecule has 0 atom stereocenters. The summed E-state index contributed by atoms with van der Waals surface area (Å²) in [5, 5.41) is 1.01. The lowest BCUT2D eigenvalue weighted by atomic mass is 10.0. The quantitative estimate of drug-likeness (QED) is 0.485. The Balaban J connectivity index is 1.97. The zero-order chi connectivity index (χ0) is 21.8. The van der Waals surface area contributed by atoms with E-state index >= 15 is 0 Å². The Labute approximate surface area is 178 Å². The van der Waals surface area contributed by atoms with E-state index in [0.29, 0.717) is 23.8 Å². The predicted molar refractivity (Wildman–Crippen MR) is 120 cm³/mol. The number of hydrogen-bond acceptors (Lipinski definition) is 5. The molecule has 0 amide bonds. The number of methoxy groups -OCH3 is 2. The lowest BCUT2D eigenvalue weighted by Gasteiger charge is -2.25. The Bertz CT molecular complexity index is 1080. The molecule has 2 aromatic carbocycles. The van der Waals surface area contributed by atoms with Crippen molar-refractivity contribution in [3.8, 4) is 11.5 Å². The second-order valence-corrected chi connectivity index (χ2v) is 8.30. The van der Waals surface area contributed by atoms with Gasteiger partial charge in [-0.25, -0.2) is 4.79 Å². The lowest BCUT2D eigenvalue weighted by molar-refractivity contribution is 0.227. The van der Waals surface area contributed by atoms with Gasteiger partial charge in [-0.2, -0.15) is 0 Å². The van der Waals surface area contributed by atoms with Crippen LogP contribution < -0.4 is 15.1 Å². The monoisotopic (exact) mass is 409 g/mol. The van der Waals surface area contributed by atoms with Gasteiger partial charge in [-0.05, 0) is 60.2 Å². The van der Waals surface area contributed by atoms with Crippen LogP contribution in [0, 0.1) is 19.8 Å². The minimum atomic E-state index is -0.305. The molecule has 0 aliphatic rings. The maximum absolute atomic E-state index is 12.2. The number of nitrogens with zero attached hydrogens (tertiary/aromatic N) is 1. The standard InChI is InChI=1S/C25H31NO4/c1-16(2)13-26(14-19-7-8-22(28-5)23(11-19)29-6)15-20-12-24(27)30-25-18(4)9-17(3)10-21(20)25/h7-12,16H,13-15H2,1-6H3. The smallest absolute Gasteiger partial charge is 0.336 e. The average molecular weight is 410 g/mol. The summed E-state index contributed by atoms with van der Waals surface area (Å²) < 4.78 is 16.3. The minimum Gasteiger partial charge on any atom is -0.493 e. The van der Waals surface area contributed by atoms with Gasteiger partial charge < -0.3 is 13.9 Å². The summed E-state index contributed by atoms with van der Waals surface area (Å²) >= 11 is 0. The van der Waals surface area contributed by atoms with Crippen LogP contribution in [0.1, 0.15) is 36.1 Å². The summed E-state index contributed by atoms with van der Waals surface area (Å²) in [7, 11) is 3.28. The highest BCUT2D eigenvalue weighted by atomic mass is 16.5. The summed E-state index contributed by atoms with van der Waals surface area (Å²) in [4.78, 5) is 14.6. The molecule has 0 aliphatic carbocycles. The van der Waals surface area contributed by atoms with E-state index < -0.39 is 0 Å². The SMILES string of the molecule is COc1ccc(CN(Cc2cc(=O)oc3c(C)cc(C)cc23)CC(C)C)cc1OC. The first kappa shape index (κ1) is 21.9. The van der Waals surface area contributed by atoms with Crippen LogP contribution in [0.15, 0.2) is 45.6 Å². The van der Waals surface area contributed by atoms with Crippen molar-refractivity contribution in [2.75, 3.05) is 20.8 Å². The van der Waals surface area contributed by atoms with E-state index in [-0.39, 0.29) is 5.63 Å². The van der Waals surface area contributed by atoms with Crippen LogP contribution >= 0.6 is 0 Å². The third-order valence-corrected chi connectivity index (χ3v) is 5.13. The zero-order valence-electron chi connectivity index (χ0n) is 18.7. The third kappa shape index (κ3) is 5.03. The molecule has 0 spiro atoms. The minimum absolute atomic E-state index is 0.305. The van der Waals surface area contributed by atoms with Gasteiger partial charge in [-0.3, -0.25) is 4.90 Å². The topological polar surface area (TPSA) is 51.9 Å². The van der Waals surface area contributed by atoms with Crippen molar-refractivity contribution in [3.63, 3.8) is 0 Å². The van der Waals surface area contributed by atoms with E-state index in [2.05, 4.69) is 37.8 Å². The van der Waals surface area contributed by atoms with Gasteiger partial charge >= 0.3 is 5.63 Å². The van der Waals surface area contributed by atoms with Crippen molar-refractivity contribution in [3.05, 3.63) is 69.1 Å². The van der Waals surface area contributed by atoms with E-state index in [1.54, 1.807) is 20.3 Å². The molecule has 0 radical (unpaired) electrons. The average Bonchev–Trinajstić information content (AvgIpc) is 2.68. The van der Waals surface area contributed by atoms with E-state index in [9.17, 15) is 4.79 Å². The fourth-order valence-electron chi connectivity index (χ4n) is 3.99. The maximum Gasteiger partial charge on any atom is 0.336 e. The first-order chi connectivity index (χ1) is 14.3. The molecular formula is C25H31NO4. The van der Waals surface area contributed by atoms with Gasteiger partial charge in [0, 0.05) is 31.1 Å². The summed E-state index contributed by atoms with van der Waals surface area (Å²) in [6.07, 6.45) is 0. The van der Waals surface area contributed by atoms with Crippen LogP contribution in [-0.2, 0) is 13.1 Å². The van der Waals surface area contributed by atoms with Crippen LogP contribution in [0.3, 0.4) is 0 Å². The number of benzene rings is 2. The summed E-state index contributed by atoms with van der Waals surface area (Å²) in [6, 6.07) is 11.8. The fraction of sp³-hybridized carbons (Fsp3) is 0.400. The zero-order valence-corrected chi connectivity index (χ0v) is 18.7. The fourth-order valence-corrected chi connectivity index (χ4v) is 3.99. The molecule has 0 saturated heterocycles. The Morgan fingerprint density at radius 2 is 1.70 bits per heavy atom. The van der Waals surface area contributed by atoms with Crippen LogP contribution in [0.2, 0.25) is 0 Å². The molecule has 3 rings (SSSR count). The van der Waals surface area contributed by atoms with Gasteiger partial charge in [0.25, 0.3) is 0 Å². The molecule has 5 nitrogen and oxygen atoms in total. The number of hydrogen-bond donors (Lipinski definition) is 0. The normalized spacial score (nSPS) is 11.5. The molecule has 1 heterocycles. The first-order valence-corrected chi connectivity index (χ1v) is 10.3. The second kappa shape index (κ2) is 9.35. The van der Waals surface area contributed by atoms with E-state index in [1.165, 1.54) is 0 Å². The Hall–Kier alpha value is -2.79. The molecule has 0 N–H and O–H groups in total. The molecule has 3 aromatic rings. The van der Waals surface area contributed by atoms with Crippen molar-refractivity contribution in [1.82, 2.24) is 4.90 Å². The second-order valence-electron chi connectivity index (χ2n) is 8.30. The number of rotatable bonds is 8. The highest BCUT2D eigenvalue weighted by molar-refractivity contribution is 5.83. The van der Waals surface area contributed by atoms with Gasteiger partial charge in [-0.1, -0.05) is 26.0 Å². The largest absolute Gasteiger partial charge is 0.493 e. The highest BCUT2D eigenvalue weighted by Crippen LogP contribution is 2.29. The van der Waals surface area contributed by atoms with Crippen LogP contribution in [0.5, 0.6) is 11.5 Å². The molecule has 160 valence electrons. The third-order valence-electron chi connectivity index (χ3n) is 5.13. The summed E-state index contributed by atoms with van der Waals surface area (Å²) in [5.41, 5.74) is 4.64. The molecule has 0 unspecified atom stereocenters. The number of fused-ring (bicyclic) bond motifs is 1. The number of ether oxygens (including phenoxy) is 2. The Morgan fingerprint density at radius 1 is 0.967 bits per heavy atom. The van der Waals surface area contributed by atoms with Crippen molar-refractivity contribution >= 4 is 11.0 Å². The van der Waals surface area contributed by atoms with Crippen molar-refractivity contribution in [2.45, 2.75) is 40.8 Å². The van der Waals surface area contributed by atoms with Gasteiger partial charge in [0.05, 0.1) is 14.2 Å². The van der Waals surface area contributed by atoms with Crippen molar-refractivity contribution in [1.29, 1.82) is 0 Å². The number of aryl methyl sites for hydroxylation is 2. The van der Waals surface area contributed by atoms with E-state index in [0.717, 1.165) is 46.5 Å². The Morgan fingerprint density at radius 3 is 2.37 bits per heavy atom. The highest BCUT2D eigenvalue weighted by Gasteiger charge is 2.15. The van der Waals surface area contributed by atoms with Crippen LogP contribution in [-0.4, -0.2) is 25.7 Å². The molecule has 0 aliphatic heterocycles. The van der Waals surface area contributed by atoms with E-state index in [4.69, 9.17) is 13.9 Å². The predicted octanol–water partition coefficient (Wildman–Crippen LogP) is 5.09. The molecule has 0 fully saturated rings. The maximum atomic E-state index is 12.2. The van der Waals surface area contributed by atoms with E-state index in [1.807, 2.05) is 25.1 Å². The van der Waals surface area contributed by atoms with Gasteiger partial charge in [0.1, 0.15) is 5.58 Å². The molecule has 30 heavy (non-hydrogen) atoms. The van der Waals surface area contributed by atoms with Gasteiger partial charge in [0.2, 0.25) is 0 Å². The van der Waals surface area contributed by atoms with Crippen molar-refractivity contribution < 1.29 is 13.9 Å².